The van der Waals surface area contributed by atoms with Crippen molar-refractivity contribution in [3.05, 3.63) is 46.3 Å². The fourth-order valence-corrected chi connectivity index (χ4v) is 5.34. The molecule has 0 unspecified atom stereocenters. The molecule has 2 aromatic carbocycles. The summed E-state index contributed by atoms with van der Waals surface area (Å²) in [6, 6.07) is 5.16. The first-order chi connectivity index (χ1) is 19.8. The lowest BCUT2D eigenvalue weighted by Crippen LogP contribution is -2.35. The summed E-state index contributed by atoms with van der Waals surface area (Å²) in [6.07, 6.45) is 1.05. The molecule has 1 fully saturated rings. The predicted octanol–water partition coefficient (Wildman–Crippen LogP) is 5.16. The Bertz CT molecular complexity index is 1410. The number of piperidine rings is 1. The van der Waals surface area contributed by atoms with Crippen molar-refractivity contribution >= 4 is 46.0 Å². The van der Waals surface area contributed by atoms with Crippen molar-refractivity contribution in [2.24, 2.45) is 0 Å². The first-order valence-electron chi connectivity index (χ1n) is 14.0. The number of benzene rings is 2. The Morgan fingerprint density at radius 2 is 1.74 bits per heavy atom. The van der Waals surface area contributed by atoms with Gasteiger partial charge in [-0.3, -0.25) is 19.8 Å². The van der Waals surface area contributed by atoms with Gasteiger partial charge in [0, 0.05) is 50.0 Å². The van der Waals surface area contributed by atoms with Crippen molar-refractivity contribution < 1.29 is 38.1 Å². The van der Waals surface area contributed by atoms with Gasteiger partial charge in [0.2, 0.25) is 0 Å². The summed E-state index contributed by atoms with van der Waals surface area (Å²) in [4.78, 5) is 40.3. The Labute approximate surface area is 261 Å². The SMILES string of the molecule is Br.COc1cc2c(c(F)c1OC)C(=N)N(CC(=O)c1cc(N3CCC(=O)CC3)c(OCCCC(=O)O)c(C(C)(C)C)c1)C2. The molecule has 2 aliphatic rings. The minimum atomic E-state index is -0.906. The molecule has 12 heteroatoms. The van der Waals surface area contributed by atoms with E-state index in [1.807, 2.05) is 25.7 Å². The van der Waals surface area contributed by atoms with Crippen LogP contribution in [0.25, 0.3) is 0 Å². The van der Waals surface area contributed by atoms with Gasteiger partial charge in [0.15, 0.2) is 23.1 Å². The van der Waals surface area contributed by atoms with Gasteiger partial charge in [0.25, 0.3) is 0 Å². The highest BCUT2D eigenvalue weighted by molar-refractivity contribution is 8.93. The largest absolute Gasteiger partial charge is 0.493 e. The average Bonchev–Trinajstić information content (AvgIpc) is 3.25. The number of ether oxygens (including phenoxy) is 3. The number of anilines is 1. The van der Waals surface area contributed by atoms with E-state index in [2.05, 4.69) is 0 Å². The van der Waals surface area contributed by atoms with E-state index in [9.17, 15) is 14.4 Å². The van der Waals surface area contributed by atoms with Gasteiger partial charge < -0.3 is 29.1 Å². The van der Waals surface area contributed by atoms with E-state index in [0.717, 1.165) is 5.56 Å². The number of aliphatic carboxylic acids is 1. The average molecular weight is 665 g/mol. The molecule has 2 heterocycles. The van der Waals surface area contributed by atoms with Gasteiger partial charge in [-0.1, -0.05) is 20.8 Å². The number of Topliss-reactive ketones (excluding diaryl/α,β-unsaturated/α-hetero) is 2. The molecular weight excluding hydrogens is 625 g/mol. The van der Waals surface area contributed by atoms with Crippen LogP contribution in [0.5, 0.6) is 17.2 Å². The van der Waals surface area contributed by atoms with Crippen LogP contribution in [0.15, 0.2) is 18.2 Å². The molecule has 234 valence electrons. The van der Waals surface area contributed by atoms with Gasteiger partial charge in [0.1, 0.15) is 17.4 Å². The quantitative estimate of drug-likeness (QED) is 0.247. The van der Waals surface area contributed by atoms with E-state index in [-0.39, 0.29) is 77.6 Å². The maximum atomic E-state index is 15.3. The van der Waals surface area contributed by atoms with Gasteiger partial charge in [0.05, 0.1) is 38.6 Å². The third-order valence-corrected chi connectivity index (χ3v) is 7.58. The molecule has 2 N–H and O–H groups in total. The minimum Gasteiger partial charge on any atom is -0.493 e. The molecule has 2 aromatic rings. The number of hydrogen-bond acceptors (Lipinski definition) is 8. The van der Waals surface area contributed by atoms with Crippen LogP contribution in [0.4, 0.5) is 10.1 Å². The maximum absolute atomic E-state index is 15.3. The lowest BCUT2D eigenvalue weighted by atomic mass is 9.84. The van der Waals surface area contributed by atoms with E-state index in [4.69, 9.17) is 24.7 Å². The summed E-state index contributed by atoms with van der Waals surface area (Å²) in [5.41, 5.74) is 2.03. The van der Waals surface area contributed by atoms with Gasteiger partial charge in [-0.25, -0.2) is 4.39 Å². The molecule has 0 radical (unpaired) electrons. The Kier molecular flexibility index (Phi) is 10.8. The second-order valence-electron chi connectivity index (χ2n) is 11.6. The van der Waals surface area contributed by atoms with Crippen LogP contribution in [-0.4, -0.2) is 73.8 Å². The zero-order valence-electron chi connectivity index (χ0n) is 25.2. The van der Waals surface area contributed by atoms with Gasteiger partial charge in [-0.05, 0) is 35.6 Å². The number of ketones is 2. The number of amidine groups is 1. The van der Waals surface area contributed by atoms with Crippen LogP contribution in [0.2, 0.25) is 0 Å². The monoisotopic (exact) mass is 663 g/mol. The Morgan fingerprint density at radius 3 is 2.33 bits per heavy atom. The van der Waals surface area contributed by atoms with Crippen molar-refractivity contribution in [2.45, 2.75) is 58.4 Å². The smallest absolute Gasteiger partial charge is 0.303 e. The molecule has 1 saturated heterocycles. The molecule has 4 rings (SSSR count). The molecule has 2 aliphatic heterocycles. The van der Waals surface area contributed by atoms with E-state index in [0.29, 0.717) is 54.9 Å². The number of fused-ring (bicyclic) bond motifs is 1. The standard InChI is InChI=1S/C31H38FN3O7.BrH/c1-31(2,3)21-13-18(14-22(34-10-8-20(36)9-11-34)28(21)42-12-6-7-25(38)39)23(37)17-35-16-19-15-24(40-4)29(41-5)27(32)26(19)30(35)33;/h13-15,33H,6-12,16-17H2,1-5H3,(H,38,39);1H. The zero-order chi connectivity index (χ0) is 30.8. The molecule has 0 spiro atoms. The second-order valence-corrected chi connectivity index (χ2v) is 11.6. The zero-order valence-corrected chi connectivity index (χ0v) is 26.9. The molecule has 0 aliphatic carbocycles. The van der Waals surface area contributed by atoms with Crippen LogP contribution in [0.3, 0.4) is 0 Å². The first-order valence-corrected chi connectivity index (χ1v) is 14.0. The number of carboxylic acids is 1. The number of hydrogen-bond donors (Lipinski definition) is 2. The third-order valence-electron chi connectivity index (χ3n) is 7.58. The maximum Gasteiger partial charge on any atom is 0.303 e. The molecule has 0 bridgehead atoms. The molecule has 0 amide bonds. The van der Waals surface area contributed by atoms with Crippen LogP contribution in [-0.2, 0) is 21.5 Å². The van der Waals surface area contributed by atoms with Gasteiger partial charge >= 0.3 is 5.97 Å². The Balaban J connectivity index is 0.00000506. The number of nitrogens with zero attached hydrogens (tertiary/aromatic N) is 2. The summed E-state index contributed by atoms with van der Waals surface area (Å²) in [5, 5.41) is 17.7. The Morgan fingerprint density at radius 1 is 1.07 bits per heavy atom. The number of methoxy groups -OCH3 is 2. The molecule has 43 heavy (non-hydrogen) atoms. The molecule has 10 nitrogen and oxygen atoms in total. The third kappa shape index (κ3) is 7.29. The highest BCUT2D eigenvalue weighted by atomic mass is 79.9. The fourth-order valence-electron chi connectivity index (χ4n) is 5.34. The van der Waals surface area contributed by atoms with Crippen LogP contribution in [0.1, 0.15) is 73.5 Å². The number of carbonyl (C=O) groups excluding carboxylic acids is 2. The lowest BCUT2D eigenvalue weighted by molar-refractivity contribution is -0.137. The number of carboxylic acid groups (broad SMARTS) is 1. The second kappa shape index (κ2) is 13.7. The van der Waals surface area contributed by atoms with Crippen molar-refractivity contribution in [3.8, 4) is 17.2 Å². The highest BCUT2D eigenvalue weighted by Gasteiger charge is 2.34. The first kappa shape index (κ1) is 33.8. The molecule has 0 aromatic heterocycles. The van der Waals surface area contributed by atoms with E-state index in [1.165, 1.54) is 19.1 Å². The molecular formula is C31H39BrFN3O7. The Hall–Kier alpha value is -3.67. The van der Waals surface area contributed by atoms with Crippen molar-refractivity contribution in [2.75, 3.05) is 45.4 Å². The van der Waals surface area contributed by atoms with E-state index in [1.54, 1.807) is 18.2 Å². The number of nitrogens with one attached hydrogen (secondary N) is 1. The van der Waals surface area contributed by atoms with Crippen LogP contribution < -0.4 is 19.1 Å². The molecule has 0 saturated carbocycles. The summed E-state index contributed by atoms with van der Waals surface area (Å²) >= 11 is 0. The van der Waals surface area contributed by atoms with Gasteiger partial charge in [-0.15, -0.1) is 17.0 Å². The van der Waals surface area contributed by atoms with E-state index >= 15 is 4.39 Å². The molecule has 0 atom stereocenters. The van der Waals surface area contributed by atoms with Crippen LogP contribution >= 0.6 is 17.0 Å². The number of carbonyl (C=O) groups is 3. The van der Waals surface area contributed by atoms with Crippen LogP contribution in [0, 0.1) is 11.2 Å². The van der Waals surface area contributed by atoms with Gasteiger partial charge in [-0.2, -0.15) is 0 Å². The summed E-state index contributed by atoms with van der Waals surface area (Å²) in [6.45, 7) is 7.14. The predicted molar refractivity (Wildman–Crippen MR) is 165 cm³/mol. The van der Waals surface area contributed by atoms with E-state index < -0.39 is 17.2 Å². The summed E-state index contributed by atoms with van der Waals surface area (Å²) in [7, 11) is 2.74. The lowest BCUT2D eigenvalue weighted by Gasteiger charge is -2.33. The summed E-state index contributed by atoms with van der Waals surface area (Å²) < 4.78 is 31.9. The normalized spacial score (nSPS) is 14.7. The minimum absolute atomic E-state index is 0. The van der Waals surface area contributed by atoms with Crippen molar-refractivity contribution in [3.63, 3.8) is 0 Å². The fraction of sp³-hybridized carbons (Fsp3) is 0.484. The van der Waals surface area contributed by atoms with Crippen molar-refractivity contribution in [1.29, 1.82) is 5.41 Å². The summed E-state index contributed by atoms with van der Waals surface area (Å²) in [5.74, 6) is -1.11. The highest BCUT2D eigenvalue weighted by Crippen LogP contribution is 2.42. The topological polar surface area (TPSA) is 129 Å². The number of halogens is 2. The number of rotatable bonds is 11. The van der Waals surface area contributed by atoms with Crippen molar-refractivity contribution in [1.82, 2.24) is 4.90 Å².